The van der Waals surface area contributed by atoms with E-state index in [9.17, 15) is 9.18 Å². The molecule has 1 amide bonds. The third-order valence-electron chi connectivity index (χ3n) is 5.32. The minimum Gasteiger partial charge on any atom is -0.469 e. The molecular weight excluding hydrogens is 381 g/mol. The minimum absolute atomic E-state index is 0.00974. The number of hydrogen-bond donors (Lipinski definition) is 1. The van der Waals surface area contributed by atoms with E-state index in [0.717, 1.165) is 28.2 Å². The lowest BCUT2D eigenvalue weighted by molar-refractivity contribution is -0.121. The summed E-state index contributed by atoms with van der Waals surface area (Å²) < 4.78 is 20.9. The van der Waals surface area contributed by atoms with Crippen LogP contribution in [0, 0.1) is 12.7 Å². The fourth-order valence-electron chi connectivity index (χ4n) is 3.79. The molecule has 2 aromatic carbocycles. The number of carbonyl (C=O) groups excluding carboxylic acids is 1. The zero-order valence-electron chi connectivity index (χ0n) is 16.8. The lowest BCUT2D eigenvalue weighted by Crippen LogP contribution is -2.26. The van der Waals surface area contributed by atoms with Crippen molar-refractivity contribution in [3.8, 4) is 0 Å². The Kier molecular flexibility index (Phi) is 5.93. The average molecular weight is 405 g/mol. The fourth-order valence-corrected chi connectivity index (χ4v) is 3.79. The molecule has 0 aliphatic heterocycles. The molecule has 4 rings (SSSR count). The van der Waals surface area contributed by atoms with Crippen LogP contribution >= 0.6 is 0 Å². The van der Waals surface area contributed by atoms with Crippen molar-refractivity contribution in [2.45, 2.75) is 32.2 Å². The number of para-hydroxylation sites is 2. The molecule has 0 saturated carbocycles. The van der Waals surface area contributed by atoms with Crippen LogP contribution in [0.2, 0.25) is 0 Å². The third-order valence-corrected chi connectivity index (χ3v) is 5.32. The van der Waals surface area contributed by atoms with Crippen molar-refractivity contribution in [2.75, 3.05) is 6.54 Å². The fraction of sp³-hybridized carbons (Fsp3) is 0.250. The predicted molar refractivity (Wildman–Crippen MR) is 114 cm³/mol. The van der Waals surface area contributed by atoms with Crippen molar-refractivity contribution in [1.29, 1.82) is 0 Å². The number of rotatable bonds is 8. The molecule has 30 heavy (non-hydrogen) atoms. The maximum atomic E-state index is 13.3. The first-order chi connectivity index (χ1) is 14.6. The molecule has 0 unspecified atom stereocenters. The van der Waals surface area contributed by atoms with Gasteiger partial charge in [-0.2, -0.15) is 0 Å². The normalized spacial score (nSPS) is 12.2. The number of amides is 1. The van der Waals surface area contributed by atoms with E-state index in [2.05, 4.69) is 14.9 Å². The molecule has 4 aromatic rings. The predicted octanol–water partition coefficient (Wildman–Crippen LogP) is 4.81. The SMILES string of the molecule is Cc1nc2ccccc2n1CCC(=O)NCC[C@@H](c1ccc(F)cc1)c1ccco1. The zero-order valence-corrected chi connectivity index (χ0v) is 16.8. The molecule has 0 saturated heterocycles. The van der Waals surface area contributed by atoms with Gasteiger partial charge >= 0.3 is 0 Å². The van der Waals surface area contributed by atoms with Crippen LogP contribution in [0.4, 0.5) is 4.39 Å². The Balaban J connectivity index is 1.34. The maximum absolute atomic E-state index is 13.3. The topological polar surface area (TPSA) is 60.1 Å². The Bertz CT molecular complexity index is 1120. The number of halogens is 1. The van der Waals surface area contributed by atoms with Crippen molar-refractivity contribution in [3.63, 3.8) is 0 Å². The largest absolute Gasteiger partial charge is 0.469 e. The number of aryl methyl sites for hydroxylation is 2. The van der Waals surface area contributed by atoms with Crippen LogP contribution in [0.25, 0.3) is 11.0 Å². The van der Waals surface area contributed by atoms with Crippen LogP contribution in [-0.2, 0) is 11.3 Å². The Labute approximate surface area is 174 Å². The highest BCUT2D eigenvalue weighted by Crippen LogP contribution is 2.28. The van der Waals surface area contributed by atoms with Crippen molar-refractivity contribution >= 4 is 16.9 Å². The number of fused-ring (bicyclic) bond motifs is 1. The van der Waals surface area contributed by atoms with Gasteiger partial charge in [-0.3, -0.25) is 4.79 Å². The van der Waals surface area contributed by atoms with Gasteiger partial charge in [0.1, 0.15) is 17.4 Å². The molecule has 154 valence electrons. The van der Waals surface area contributed by atoms with Gasteiger partial charge in [-0.05, 0) is 55.3 Å². The lowest BCUT2D eigenvalue weighted by Gasteiger charge is -2.16. The summed E-state index contributed by atoms with van der Waals surface area (Å²) in [5.74, 6) is 1.38. The molecule has 0 fully saturated rings. The Morgan fingerprint density at radius 2 is 1.93 bits per heavy atom. The van der Waals surface area contributed by atoms with Crippen LogP contribution in [0.5, 0.6) is 0 Å². The molecule has 0 spiro atoms. The molecular formula is C24H24FN3O2. The van der Waals surface area contributed by atoms with Crippen LogP contribution in [-0.4, -0.2) is 22.0 Å². The average Bonchev–Trinajstić information content (AvgIpc) is 3.38. The molecule has 0 radical (unpaired) electrons. The Morgan fingerprint density at radius 3 is 2.70 bits per heavy atom. The van der Waals surface area contributed by atoms with Gasteiger partial charge in [0.15, 0.2) is 0 Å². The van der Waals surface area contributed by atoms with E-state index >= 15 is 0 Å². The van der Waals surface area contributed by atoms with Crippen molar-refractivity contribution in [1.82, 2.24) is 14.9 Å². The van der Waals surface area contributed by atoms with E-state index < -0.39 is 0 Å². The lowest BCUT2D eigenvalue weighted by atomic mass is 9.93. The number of nitrogens with zero attached hydrogens (tertiary/aromatic N) is 2. The summed E-state index contributed by atoms with van der Waals surface area (Å²) >= 11 is 0. The molecule has 0 bridgehead atoms. The molecule has 1 N–H and O–H groups in total. The third kappa shape index (κ3) is 4.43. The second-order valence-electron chi connectivity index (χ2n) is 7.31. The summed E-state index contributed by atoms with van der Waals surface area (Å²) in [5.41, 5.74) is 2.94. The van der Waals surface area contributed by atoms with Gasteiger partial charge in [0.2, 0.25) is 5.91 Å². The summed E-state index contributed by atoms with van der Waals surface area (Å²) in [4.78, 5) is 17.0. The molecule has 1 atom stereocenters. The number of nitrogens with one attached hydrogen (secondary N) is 1. The van der Waals surface area contributed by atoms with Crippen LogP contribution in [0.15, 0.2) is 71.3 Å². The second kappa shape index (κ2) is 8.95. The maximum Gasteiger partial charge on any atom is 0.221 e. The van der Waals surface area contributed by atoms with Gasteiger partial charge in [0.25, 0.3) is 0 Å². The molecule has 2 heterocycles. The van der Waals surface area contributed by atoms with Gasteiger partial charge in [0, 0.05) is 25.4 Å². The first-order valence-corrected chi connectivity index (χ1v) is 10.1. The monoisotopic (exact) mass is 405 g/mol. The highest BCUT2D eigenvalue weighted by atomic mass is 19.1. The summed E-state index contributed by atoms with van der Waals surface area (Å²) in [7, 11) is 0. The first-order valence-electron chi connectivity index (χ1n) is 10.1. The molecule has 0 aliphatic carbocycles. The van der Waals surface area contributed by atoms with Crippen molar-refractivity contribution < 1.29 is 13.6 Å². The summed E-state index contributed by atoms with van der Waals surface area (Å²) in [6, 6.07) is 18.1. The van der Waals surface area contributed by atoms with Gasteiger partial charge in [-0.15, -0.1) is 0 Å². The Morgan fingerprint density at radius 1 is 1.13 bits per heavy atom. The van der Waals surface area contributed by atoms with E-state index in [4.69, 9.17) is 4.42 Å². The number of furan rings is 1. The molecule has 5 nitrogen and oxygen atoms in total. The van der Waals surface area contributed by atoms with E-state index in [-0.39, 0.29) is 17.6 Å². The van der Waals surface area contributed by atoms with Crippen LogP contribution in [0.3, 0.4) is 0 Å². The number of carbonyl (C=O) groups is 1. The molecule has 6 heteroatoms. The van der Waals surface area contributed by atoms with Crippen LogP contribution < -0.4 is 5.32 Å². The Hall–Kier alpha value is -3.41. The van der Waals surface area contributed by atoms with Gasteiger partial charge in [-0.25, -0.2) is 9.37 Å². The molecule has 2 aromatic heterocycles. The summed E-state index contributed by atoms with van der Waals surface area (Å²) in [6.07, 6.45) is 2.67. The standard InChI is InChI=1S/C24H24FN3O2/c1-17-27-21-5-2-3-6-22(21)28(17)15-13-24(29)26-14-12-20(23-7-4-16-30-23)18-8-10-19(25)11-9-18/h2-11,16,20H,12-15H2,1H3,(H,26,29)/t20-/m0/s1. The van der Waals surface area contributed by atoms with Crippen LogP contribution in [0.1, 0.15) is 35.9 Å². The summed E-state index contributed by atoms with van der Waals surface area (Å²) in [5, 5.41) is 3.00. The highest BCUT2D eigenvalue weighted by Gasteiger charge is 2.17. The van der Waals surface area contributed by atoms with Gasteiger partial charge in [0.05, 0.1) is 17.3 Å². The van der Waals surface area contributed by atoms with Gasteiger partial charge in [-0.1, -0.05) is 24.3 Å². The van der Waals surface area contributed by atoms with E-state index in [1.165, 1.54) is 12.1 Å². The highest BCUT2D eigenvalue weighted by molar-refractivity contribution is 5.78. The van der Waals surface area contributed by atoms with E-state index in [1.807, 2.05) is 43.3 Å². The van der Waals surface area contributed by atoms with E-state index in [1.54, 1.807) is 18.4 Å². The smallest absolute Gasteiger partial charge is 0.221 e. The number of hydrogen-bond acceptors (Lipinski definition) is 3. The zero-order chi connectivity index (χ0) is 20.9. The van der Waals surface area contributed by atoms with E-state index in [0.29, 0.717) is 25.9 Å². The first kappa shape index (κ1) is 19.9. The number of benzene rings is 2. The number of aromatic nitrogens is 2. The quantitative estimate of drug-likeness (QED) is 0.458. The van der Waals surface area contributed by atoms with Crippen molar-refractivity contribution in [2.24, 2.45) is 0 Å². The molecule has 0 aliphatic rings. The minimum atomic E-state index is -0.271. The van der Waals surface area contributed by atoms with Crippen molar-refractivity contribution in [3.05, 3.63) is 89.9 Å². The summed E-state index contributed by atoms with van der Waals surface area (Å²) in [6.45, 7) is 3.04. The van der Waals surface area contributed by atoms with Gasteiger partial charge < -0.3 is 14.3 Å². The number of imidazole rings is 1. The second-order valence-corrected chi connectivity index (χ2v) is 7.31.